The average Bonchev–Trinajstić information content (AvgIpc) is 2.18. The molecule has 0 aliphatic rings. The van der Waals surface area contributed by atoms with Crippen molar-refractivity contribution in [2.75, 3.05) is 0 Å². The van der Waals surface area contributed by atoms with Gasteiger partial charge in [-0.2, -0.15) is 0 Å². The van der Waals surface area contributed by atoms with Crippen molar-refractivity contribution >= 4 is 11.9 Å². The third kappa shape index (κ3) is 2.88. The minimum Gasteiger partial charge on any atom is -0.476 e. The summed E-state index contributed by atoms with van der Waals surface area (Å²) in [6, 6.07) is 4.23. The van der Waals surface area contributed by atoms with Gasteiger partial charge in [0, 0.05) is 0 Å². The average molecular weight is 216 g/mol. The Morgan fingerprint density at radius 2 is 1.50 bits per heavy atom. The number of hydrogen-bond acceptors (Lipinski definition) is 2. The van der Waals surface area contributed by atoms with E-state index in [1.165, 1.54) is 11.9 Å². The van der Waals surface area contributed by atoms with Crippen LogP contribution in [0.3, 0.4) is 0 Å². The summed E-state index contributed by atoms with van der Waals surface area (Å²) in [6.07, 6.45) is -3.35. The molecule has 0 saturated heterocycles. The van der Waals surface area contributed by atoms with Crippen LogP contribution in [0.4, 0.5) is 8.71 Å². The van der Waals surface area contributed by atoms with Crippen LogP contribution in [0.5, 0.6) is 0 Å². The molecule has 1 rings (SSSR count). The SMILES string of the molecule is N#C[B-](F)(C#N)c1ccc(F)cc1.[K+]. The Balaban J connectivity index is 0.00000169. The maximum atomic E-state index is 13.3. The fourth-order valence-corrected chi connectivity index (χ4v) is 0.906. The number of hydrogen-bond donors (Lipinski definition) is 0. The maximum Gasteiger partial charge on any atom is 1.00 e. The summed E-state index contributed by atoms with van der Waals surface area (Å²) in [6.45, 7) is 0. The molecule has 0 amide bonds. The summed E-state index contributed by atoms with van der Waals surface area (Å²) in [5.74, 6) is 2.02. The molecule has 0 aliphatic carbocycles. The van der Waals surface area contributed by atoms with Crippen molar-refractivity contribution in [1.82, 2.24) is 0 Å². The fraction of sp³-hybridized carbons (Fsp3) is 0. The Hall–Kier alpha value is -0.239. The molecule has 0 spiro atoms. The van der Waals surface area contributed by atoms with Crippen molar-refractivity contribution in [3.8, 4) is 11.9 Å². The summed E-state index contributed by atoms with van der Waals surface area (Å²) in [5.41, 5.74) is -0.0913. The first-order valence-corrected chi connectivity index (χ1v) is 3.54. The third-order valence-electron chi connectivity index (χ3n) is 1.69. The Morgan fingerprint density at radius 1 is 1.07 bits per heavy atom. The molecule has 0 aromatic heterocycles. The molecular weight excluding hydrogens is 212 g/mol. The standard InChI is InChI=1S/C8H4BF2N2.K/c10-8-3-1-7(2-4-8)9(11,5-12)6-13;/h1-4H;/q-1;+1. The van der Waals surface area contributed by atoms with Crippen LogP contribution >= 0.6 is 0 Å². The van der Waals surface area contributed by atoms with Gasteiger partial charge in [0.25, 0.3) is 0 Å². The summed E-state index contributed by atoms with van der Waals surface area (Å²) >= 11 is 0. The van der Waals surface area contributed by atoms with Gasteiger partial charge < -0.3 is 4.32 Å². The molecule has 0 aliphatic heterocycles. The van der Waals surface area contributed by atoms with Crippen LogP contribution < -0.4 is 56.8 Å². The number of nitriles is 2. The molecule has 0 saturated carbocycles. The Bertz CT molecular complexity index is 379. The number of rotatable bonds is 1. The van der Waals surface area contributed by atoms with Crippen LogP contribution in [0.1, 0.15) is 0 Å². The van der Waals surface area contributed by atoms with Gasteiger partial charge in [-0.25, -0.2) is 14.9 Å². The van der Waals surface area contributed by atoms with Gasteiger partial charge in [-0.15, -0.1) is 5.46 Å². The summed E-state index contributed by atoms with van der Waals surface area (Å²) in [4.78, 5) is 0. The van der Waals surface area contributed by atoms with Crippen LogP contribution in [0, 0.1) is 28.3 Å². The Morgan fingerprint density at radius 3 is 1.86 bits per heavy atom. The van der Waals surface area contributed by atoms with Gasteiger partial charge in [-0.05, 0) is 12.1 Å². The zero-order chi connectivity index (χ0) is 9.90. The summed E-state index contributed by atoms with van der Waals surface area (Å²) in [5, 5.41) is 16.8. The topological polar surface area (TPSA) is 47.6 Å². The van der Waals surface area contributed by atoms with E-state index in [0.29, 0.717) is 0 Å². The number of nitrogens with zero attached hydrogens (tertiary/aromatic N) is 2. The van der Waals surface area contributed by atoms with Gasteiger partial charge in [-0.3, -0.25) is 0 Å². The molecule has 1 aromatic carbocycles. The van der Waals surface area contributed by atoms with Gasteiger partial charge in [-0.1, -0.05) is 24.1 Å². The zero-order valence-corrected chi connectivity index (χ0v) is 10.7. The normalized spacial score (nSPS) is 9.43. The van der Waals surface area contributed by atoms with Gasteiger partial charge in [0.2, 0.25) is 0 Å². The van der Waals surface area contributed by atoms with Crippen molar-refractivity contribution in [3.05, 3.63) is 30.1 Å². The molecule has 0 atom stereocenters. The predicted molar refractivity (Wildman–Crippen MR) is 44.1 cm³/mol. The van der Waals surface area contributed by atoms with E-state index in [2.05, 4.69) is 0 Å². The molecule has 0 bridgehead atoms. The molecule has 0 fully saturated rings. The van der Waals surface area contributed by atoms with E-state index in [9.17, 15) is 8.71 Å². The Kier molecular flexibility index (Phi) is 5.50. The number of benzene rings is 1. The largest absolute Gasteiger partial charge is 1.00 e. The first kappa shape index (κ1) is 13.8. The summed E-state index contributed by atoms with van der Waals surface area (Å²) in [7, 11) is 0. The van der Waals surface area contributed by atoms with E-state index in [1.54, 1.807) is 0 Å². The predicted octanol–water partition coefficient (Wildman–Crippen LogP) is -1.92. The molecule has 0 N–H and O–H groups in total. The molecular formula is C8H4BF2KN2. The van der Waals surface area contributed by atoms with Crippen molar-refractivity contribution in [1.29, 1.82) is 10.5 Å². The molecule has 0 radical (unpaired) electrons. The van der Waals surface area contributed by atoms with E-state index < -0.39 is 12.2 Å². The molecule has 0 unspecified atom stereocenters. The van der Waals surface area contributed by atoms with Crippen molar-refractivity contribution in [2.24, 2.45) is 0 Å². The molecule has 64 valence electrons. The smallest absolute Gasteiger partial charge is 0.476 e. The maximum absolute atomic E-state index is 13.3. The molecule has 14 heavy (non-hydrogen) atoms. The zero-order valence-electron chi connectivity index (χ0n) is 7.54. The third-order valence-corrected chi connectivity index (χ3v) is 1.69. The number of halogens is 2. The van der Waals surface area contributed by atoms with Crippen molar-refractivity contribution in [2.45, 2.75) is 0 Å². The first-order valence-electron chi connectivity index (χ1n) is 3.54. The van der Waals surface area contributed by atoms with E-state index in [1.807, 2.05) is 0 Å². The van der Waals surface area contributed by atoms with E-state index in [4.69, 9.17) is 10.5 Å². The molecule has 2 nitrogen and oxygen atoms in total. The fourth-order valence-electron chi connectivity index (χ4n) is 0.906. The first-order chi connectivity index (χ1) is 6.12. The second-order valence-electron chi connectivity index (χ2n) is 2.57. The van der Waals surface area contributed by atoms with E-state index >= 15 is 0 Å². The van der Waals surface area contributed by atoms with Crippen LogP contribution in [0.2, 0.25) is 0 Å². The minimum atomic E-state index is -3.35. The second kappa shape index (κ2) is 5.60. The quantitative estimate of drug-likeness (QED) is 0.513. The molecule has 0 heterocycles. The van der Waals surface area contributed by atoms with Gasteiger partial charge in [0.05, 0.1) is 0 Å². The van der Waals surface area contributed by atoms with Crippen LogP contribution in [0.15, 0.2) is 24.3 Å². The monoisotopic (exact) mass is 216 g/mol. The van der Waals surface area contributed by atoms with Gasteiger partial charge in [0.15, 0.2) is 0 Å². The molecule has 6 heteroatoms. The summed E-state index contributed by atoms with van der Waals surface area (Å²) < 4.78 is 25.7. The van der Waals surface area contributed by atoms with Crippen molar-refractivity contribution in [3.63, 3.8) is 0 Å². The molecule has 1 aromatic rings. The Labute approximate surface area is 123 Å². The van der Waals surface area contributed by atoms with Crippen LogP contribution in [0.25, 0.3) is 0 Å². The second-order valence-corrected chi connectivity index (χ2v) is 2.57. The van der Waals surface area contributed by atoms with E-state index in [0.717, 1.165) is 24.3 Å². The minimum absolute atomic E-state index is 0. The van der Waals surface area contributed by atoms with Crippen LogP contribution in [-0.2, 0) is 0 Å². The van der Waals surface area contributed by atoms with Crippen molar-refractivity contribution < 1.29 is 60.1 Å². The van der Waals surface area contributed by atoms with Gasteiger partial charge in [0.1, 0.15) is 5.82 Å². The van der Waals surface area contributed by atoms with Crippen LogP contribution in [-0.4, -0.2) is 6.42 Å². The van der Waals surface area contributed by atoms with E-state index in [-0.39, 0.29) is 56.8 Å². The van der Waals surface area contributed by atoms with Gasteiger partial charge >= 0.3 is 57.8 Å².